The summed E-state index contributed by atoms with van der Waals surface area (Å²) >= 11 is 11.8. The van der Waals surface area contributed by atoms with Crippen LogP contribution in [0.1, 0.15) is 17.8 Å². The maximum absolute atomic E-state index is 5.94. The van der Waals surface area contributed by atoms with Gasteiger partial charge in [-0.25, -0.2) is 9.97 Å². The molecule has 0 unspecified atom stereocenters. The van der Waals surface area contributed by atoms with E-state index in [4.69, 9.17) is 23.2 Å². The number of imidazole rings is 1. The van der Waals surface area contributed by atoms with Crippen LogP contribution in [0.5, 0.6) is 0 Å². The summed E-state index contributed by atoms with van der Waals surface area (Å²) in [6.45, 7) is 0. The van der Waals surface area contributed by atoms with E-state index in [-0.39, 0.29) is 0 Å². The van der Waals surface area contributed by atoms with Gasteiger partial charge in [-0.05, 0) is 24.5 Å². The van der Waals surface area contributed by atoms with Crippen molar-refractivity contribution in [1.29, 1.82) is 0 Å². The molecule has 0 bridgehead atoms. The summed E-state index contributed by atoms with van der Waals surface area (Å²) in [5.41, 5.74) is 2.79. The minimum Gasteiger partial charge on any atom is -0.341 e. The Bertz CT molecular complexity index is 684. The molecule has 102 valence electrons. The van der Waals surface area contributed by atoms with Gasteiger partial charge in [-0.1, -0.05) is 53.5 Å². The number of aromatic amines is 1. The van der Waals surface area contributed by atoms with Crippen LogP contribution in [0.15, 0.2) is 36.4 Å². The van der Waals surface area contributed by atoms with E-state index < -0.39 is 0 Å². The molecular weight excluding hydrogens is 293 g/mol. The maximum Gasteiger partial charge on any atom is 0.179 e. The van der Waals surface area contributed by atoms with Crippen LogP contribution in [0.4, 0.5) is 0 Å². The van der Waals surface area contributed by atoms with Crippen LogP contribution >= 0.6 is 23.2 Å². The van der Waals surface area contributed by atoms with Crippen molar-refractivity contribution in [2.75, 3.05) is 0 Å². The van der Waals surface area contributed by atoms with Crippen molar-refractivity contribution < 1.29 is 0 Å². The molecule has 0 aliphatic rings. The van der Waals surface area contributed by atoms with Gasteiger partial charge in [0.2, 0.25) is 0 Å². The lowest BCUT2D eigenvalue weighted by Gasteiger charge is -1.99. The average Bonchev–Trinajstić information content (AvgIpc) is 2.82. The third-order valence-electron chi connectivity index (χ3n) is 3.15. The molecule has 0 saturated heterocycles. The summed E-state index contributed by atoms with van der Waals surface area (Å²) in [6.07, 6.45) is 2.94. The highest BCUT2D eigenvalue weighted by atomic mass is 35.5. The quantitative estimate of drug-likeness (QED) is 0.724. The molecule has 2 heterocycles. The molecule has 0 aliphatic carbocycles. The van der Waals surface area contributed by atoms with Gasteiger partial charge < -0.3 is 4.98 Å². The lowest BCUT2D eigenvalue weighted by Crippen LogP contribution is -1.91. The number of aryl methyl sites for hydroxylation is 2. The van der Waals surface area contributed by atoms with Crippen LogP contribution in [-0.2, 0) is 12.8 Å². The van der Waals surface area contributed by atoms with E-state index in [1.165, 1.54) is 5.56 Å². The number of nitrogens with one attached hydrogen (secondary N) is 1. The SMILES string of the molecule is Clc1cc2[nH]c(CCCc3ccccc3)nc2nc1Cl. The van der Waals surface area contributed by atoms with Crippen molar-refractivity contribution in [1.82, 2.24) is 15.0 Å². The maximum atomic E-state index is 5.94. The predicted molar refractivity (Wildman–Crippen MR) is 82.4 cm³/mol. The molecule has 1 N–H and O–H groups in total. The van der Waals surface area contributed by atoms with Gasteiger partial charge in [0, 0.05) is 6.42 Å². The predicted octanol–water partition coefficient (Wildman–Crippen LogP) is 4.44. The van der Waals surface area contributed by atoms with E-state index in [0.717, 1.165) is 30.6 Å². The summed E-state index contributed by atoms with van der Waals surface area (Å²) in [7, 11) is 0. The molecule has 0 saturated carbocycles. The van der Waals surface area contributed by atoms with E-state index in [1.807, 2.05) is 6.07 Å². The van der Waals surface area contributed by atoms with Crippen LogP contribution in [-0.4, -0.2) is 15.0 Å². The molecule has 20 heavy (non-hydrogen) atoms. The van der Waals surface area contributed by atoms with Gasteiger partial charge >= 0.3 is 0 Å². The minimum atomic E-state index is 0.293. The fourth-order valence-corrected chi connectivity index (χ4v) is 2.45. The largest absolute Gasteiger partial charge is 0.341 e. The molecule has 0 spiro atoms. The number of pyridine rings is 1. The smallest absolute Gasteiger partial charge is 0.179 e. The normalized spacial score (nSPS) is 11.1. The number of fused-ring (bicyclic) bond motifs is 1. The Labute approximate surface area is 127 Å². The van der Waals surface area contributed by atoms with Gasteiger partial charge in [-0.2, -0.15) is 0 Å². The van der Waals surface area contributed by atoms with Crippen molar-refractivity contribution in [2.24, 2.45) is 0 Å². The Morgan fingerprint density at radius 2 is 1.80 bits per heavy atom. The fourth-order valence-electron chi connectivity index (χ4n) is 2.17. The average molecular weight is 306 g/mol. The second-order valence-electron chi connectivity index (χ2n) is 4.65. The second kappa shape index (κ2) is 5.81. The van der Waals surface area contributed by atoms with Gasteiger partial charge in [0.25, 0.3) is 0 Å². The van der Waals surface area contributed by atoms with E-state index in [1.54, 1.807) is 6.07 Å². The molecular formula is C15H13Cl2N3. The third-order valence-corrected chi connectivity index (χ3v) is 3.83. The van der Waals surface area contributed by atoms with Gasteiger partial charge in [-0.15, -0.1) is 0 Å². The zero-order valence-corrected chi connectivity index (χ0v) is 12.2. The molecule has 0 amide bonds. The summed E-state index contributed by atoms with van der Waals surface area (Å²) in [5, 5.41) is 0.736. The van der Waals surface area contributed by atoms with E-state index in [9.17, 15) is 0 Å². The number of nitrogens with zero attached hydrogens (tertiary/aromatic N) is 2. The number of hydrogen-bond acceptors (Lipinski definition) is 2. The monoisotopic (exact) mass is 305 g/mol. The van der Waals surface area contributed by atoms with Crippen LogP contribution in [0.3, 0.4) is 0 Å². The minimum absolute atomic E-state index is 0.293. The number of aromatic nitrogens is 3. The Morgan fingerprint density at radius 3 is 2.60 bits per heavy atom. The molecule has 0 fully saturated rings. The van der Waals surface area contributed by atoms with Crippen molar-refractivity contribution in [3.63, 3.8) is 0 Å². The van der Waals surface area contributed by atoms with Crippen molar-refractivity contribution in [3.8, 4) is 0 Å². The fraction of sp³-hybridized carbons (Fsp3) is 0.200. The molecule has 1 aromatic carbocycles. The highest BCUT2D eigenvalue weighted by Crippen LogP contribution is 2.23. The summed E-state index contributed by atoms with van der Waals surface area (Å²) < 4.78 is 0. The van der Waals surface area contributed by atoms with Gasteiger partial charge in [0.1, 0.15) is 11.0 Å². The van der Waals surface area contributed by atoms with Crippen molar-refractivity contribution in [3.05, 3.63) is 58.0 Å². The second-order valence-corrected chi connectivity index (χ2v) is 5.42. The lowest BCUT2D eigenvalue weighted by atomic mass is 10.1. The zero-order chi connectivity index (χ0) is 13.9. The summed E-state index contributed by atoms with van der Waals surface area (Å²) in [5.74, 6) is 0.918. The molecule has 3 rings (SSSR count). The molecule has 3 nitrogen and oxygen atoms in total. The summed E-state index contributed by atoms with van der Waals surface area (Å²) in [4.78, 5) is 11.8. The van der Waals surface area contributed by atoms with E-state index in [2.05, 4.69) is 39.2 Å². The Balaban J connectivity index is 1.69. The molecule has 0 radical (unpaired) electrons. The zero-order valence-electron chi connectivity index (χ0n) is 10.7. The van der Waals surface area contributed by atoms with Crippen LogP contribution in [0, 0.1) is 0 Å². The highest BCUT2D eigenvalue weighted by molar-refractivity contribution is 6.41. The third kappa shape index (κ3) is 2.94. The molecule has 3 aromatic rings. The van der Waals surface area contributed by atoms with E-state index in [0.29, 0.717) is 15.8 Å². The highest BCUT2D eigenvalue weighted by Gasteiger charge is 2.08. The van der Waals surface area contributed by atoms with Gasteiger partial charge in [0.05, 0.1) is 10.5 Å². The van der Waals surface area contributed by atoms with Gasteiger partial charge in [-0.3, -0.25) is 0 Å². The number of halogens is 2. The van der Waals surface area contributed by atoms with Crippen LogP contribution in [0.25, 0.3) is 11.2 Å². The summed E-state index contributed by atoms with van der Waals surface area (Å²) in [6, 6.07) is 12.2. The Kier molecular flexibility index (Phi) is 3.90. The molecule has 2 aromatic heterocycles. The first-order valence-corrected chi connectivity index (χ1v) is 7.22. The first kappa shape index (κ1) is 13.4. The Hall–Kier alpha value is -1.58. The topological polar surface area (TPSA) is 41.6 Å². The number of hydrogen-bond donors (Lipinski definition) is 1. The van der Waals surface area contributed by atoms with Gasteiger partial charge in [0.15, 0.2) is 5.65 Å². The molecule has 5 heteroatoms. The molecule has 0 atom stereocenters. The van der Waals surface area contributed by atoms with Crippen LogP contribution in [0.2, 0.25) is 10.2 Å². The Morgan fingerprint density at radius 1 is 1.00 bits per heavy atom. The standard InChI is InChI=1S/C15H13Cl2N3/c16-11-9-12-15(20-14(11)17)19-13(18-12)8-4-7-10-5-2-1-3-6-10/h1-3,5-6,9H,4,7-8H2,(H,18,19,20). The van der Waals surface area contributed by atoms with Crippen molar-refractivity contribution in [2.45, 2.75) is 19.3 Å². The lowest BCUT2D eigenvalue weighted by molar-refractivity contribution is 0.785. The van der Waals surface area contributed by atoms with Crippen molar-refractivity contribution >= 4 is 34.4 Å². The number of benzene rings is 1. The first-order valence-electron chi connectivity index (χ1n) is 6.47. The molecule has 0 aliphatic heterocycles. The number of rotatable bonds is 4. The number of H-pyrrole nitrogens is 1. The first-order chi connectivity index (χ1) is 9.72. The van der Waals surface area contributed by atoms with E-state index >= 15 is 0 Å². The van der Waals surface area contributed by atoms with Crippen LogP contribution < -0.4 is 0 Å².